The molecule has 3 aromatic rings. The zero-order valence-corrected chi connectivity index (χ0v) is 15.9. The largest absolute Gasteiger partial charge is 0.495 e. The second-order valence-corrected chi connectivity index (χ2v) is 6.92. The Kier molecular flexibility index (Phi) is 4.87. The maximum atomic E-state index is 12.6. The van der Waals surface area contributed by atoms with Crippen LogP contribution in [0.15, 0.2) is 42.6 Å². The molecule has 0 bridgehead atoms. The van der Waals surface area contributed by atoms with Gasteiger partial charge in [0.1, 0.15) is 5.75 Å². The molecule has 1 saturated heterocycles. The summed E-state index contributed by atoms with van der Waals surface area (Å²) in [7, 11) is 1.53. The molecule has 1 unspecified atom stereocenters. The van der Waals surface area contributed by atoms with Crippen molar-refractivity contribution in [3.63, 3.8) is 0 Å². The first-order valence-corrected chi connectivity index (χ1v) is 9.15. The maximum absolute atomic E-state index is 12.6. The van der Waals surface area contributed by atoms with Crippen molar-refractivity contribution < 1.29 is 14.3 Å². The Morgan fingerprint density at radius 1 is 1.32 bits per heavy atom. The number of hydrogen-bond donors (Lipinski definition) is 1. The highest BCUT2D eigenvalue weighted by molar-refractivity contribution is 6.31. The summed E-state index contributed by atoms with van der Waals surface area (Å²) in [6, 6.07) is 10.6. The van der Waals surface area contributed by atoms with Crippen LogP contribution in [0.5, 0.6) is 5.75 Å². The molecule has 0 spiro atoms. The van der Waals surface area contributed by atoms with Gasteiger partial charge in [0.05, 0.1) is 25.3 Å². The first-order valence-electron chi connectivity index (χ1n) is 8.77. The third-order valence-electron chi connectivity index (χ3n) is 4.73. The lowest BCUT2D eigenvalue weighted by Gasteiger charge is -2.19. The van der Waals surface area contributed by atoms with E-state index in [1.54, 1.807) is 23.1 Å². The third-order valence-corrected chi connectivity index (χ3v) is 4.97. The average Bonchev–Trinajstić information content (AvgIpc) is 3.29. The molecule has 2 amide bonds. The van der Waals surface area contributed by atoms with E-state index in [9.17, 15) is 9.59 Å². The van der Waals surface area contributed by atoms with Crippen molar-refractivity contribution in [1.29, 1.82) is 0 Å². The van der Waals surface area contributed by atoms with Gasteiger partial charge >= 0.3 is 0 Å². The second-order valence-electron chi connectivity index (χ2n) is 6.48. The van der Waals surface area contributed by atoms with E-state index in [-0.39, 0.29) is 31.3 Å². The van der Waals surface area contributed by atoms with Gasteiger partial charge < -0.3 is 15.0 Å². The van der Waals surface area contributed by atoms with Gasteiger partial charge in [0.2, 0.25) is 11.8 Å². The third kappa shape index (κ3) is 3.38. The van der Waals surface area contributed by atoms with Crippen LogP contribution in [0.25, 0.3) is 5.65 Å². The Hall–Kier alpha value is -3.13. The molecule has 0 saturated carbocycles. The molecule has 0 radical (unpaired) electrons. The van der Waals surface area contributed by atoms with Crippen LogP contribution in [0.2, 0.25) is 5.02 Å². The standard InChI is InChI=1S/C19H18ClN5O3/c1-28-15-6-5-13(20)9-14(15)25-11-12(8-18(25)26)19(27)21-10-17-23-22-16-4-2-3-7-24(16)17/h2-7,9,12H,8,10-11H2,1H3,(H,21,27). The number of pyridine rings is 1. The summed E-state index contributed by atoms with van der Waals surface area (Å²) >= 11 is 6.07. The minimum atomic E-state index is -0.463. The maximum Gasteiger partial charge on any atom is 0.227 e. The predicted octanol–water partition coefficient (Wildman–Crippen LogP) is 2.06. The first kappa shape index (κ1) is 18.2. The van der Waals surface area contributed by atoms with Crippen LogP contribution >= 0.6 is 11.6 Å². The topological polar surface area (TPSA) is 88.8 Å². The highest BCUT2D eigenvalue weighted by Gasteiger charge is 2.36. The van der Waals surface area contributed by atoms with E-state index in [1.807, 2.05) is 28.8 Å². The number of aromatic nitrogens is 3. The Labute approximate surface area is 166 Å². The molecule has 4 rings (SSSR count). The minimum absolute atomic E-state index is 0.127. The summed E-state index contributed by atoms with van der Waals surface area (Å²) in [6.07, 6.45) is 1.96. The number of benzene rings is 1. The van der Waals surface area contributed by atoms with Crippen molar-refractivity contribution in [3.05, 3.63) is 53.4 Å². The van der Waals surface area contributed by atoms with Gasteiger partial charge in [0.15, 0.2) is 11.5 Å². The van der Waals surface area contributed by atoms with Gasteiger partial charge in [-0.1, -0.05) is 17.7 Å². The van der Waals surface area contributed by atoms with Crippen LogP contribution < -0.4 is 15.0 Å². The second kappa shape index (κ2) is 7.47. The summed E-state index contributed by atoms with van der Waals surface area (Å²) in [5.74, 6) is 0.351. The molecule has 1 atom stereocenters. The van der Waals surface area contributed by atoms with E-state index in [0.717, 1.165) is 0 Å². The highest BCUT2D eigenvalue weighted by atomic mass is 35.5. The lowest BCUT2D eigenvalue weighted by atomic mass is 10.1. The molecule has 144 valence electrons. The van der Waals surface area contributed by atoms with Crippen LogP contribution in [0, 0.1) is 5.92 Å². The number of carbonyl (C=O) groups excluding carboxylic acids is 2. The minimum Gasteiger partial charge on any atom is -0.495 e. The quantitative estimate of drug-likeness (QED) is 0.709. The summed E-state index contributed by atoms with van der Waals surface area (Å²) in [5.41, 5.74) is 1.28. The van der Waals surface area contributed by atoms with Gasteiger partial charge in [-0.3, -0.25) is 14.0 Å². The number of nitrogens with one attached hydrogen (secondary N) is 1. The molecule has 1 fully saturated rings. The monoisotopic (exact) mass is 399 g/mol. The fourth-order valence-corrected chi connectivity index (χ4v) is 3.48. The highest BCUT2D eigenvalue weighted by Crippen LogP contribution is 2.35. The molecule has 9 heteroatoms. The summed E-state index contributed by atoms with van der Waals surface area (Å²) < 4.78 is 7.13. The molecule has 1 N–H and O–H groups in total. The molecule has 1 aromatic carbocycles. The van der Waals surface area contributed by atoms with E-state index in [4.69, 9.17) is 16.3 Å². The number of fused-ring (bicyclic) bond motifs is 1. The fourth-order valence-electron chi connectivity index (χ4n) is 3.31. The SMILES string of the molecule is COc1ccc(Cl)cc1N1CC(C(=O)NCc2nnc3ccccn23)CC1=O. The number of rotatable bonds is 5. The molecule has 1 aliphatic heterocycles. The zero-order valence-electron chi connectivity index (χ0n) is 15.1. The summed E-state index contributed by atoms with van der Waals surface area (Å²) in [6.45, 7) is 0.497. The molecule has 3 heterocycles. The fraction of sp³-hybridized carbons (Fsp3) is 0.263. The molecular weight excluding hydrogens is 382 g/mol. The number of halogens is 1. The van der Waals surface area contributed by atoms with Crippen LogP contribution in [0.3, 0.4) is 0 Å². The Balaban J connectivity index is 1.45. The van der Waals surface area contributed by atoms with Crippen LogP contribution in [-0.4, -0.2) is 40.1 Å². The lowest BCUT2D eigenvalue weighted by Crippen LogP contribution is -2.33. The Morgan fingerprint density at radius 3 is 3.00 bits per heavy atom. The van der Waals surface area contributed by atoms with Gasteiger partial charge in [-0.25, -0.2) is 0 Å². The van der Waals surface area contributed by atoms with Crippen molar-refractivity contribution in [3.8, 4) is 5.75 Å². The van der Waals surface area contributed by atoms with Crippen molar-refractivity contribution in [2.75, 3.05) is 18.6 Å². The van der Waals surface area contributed by atoms with Gasteiger partial charge in [-0.15, -0.1) is 10.2 Å². The van der Waals surface area contributed by atoms with E-state index in [0.29, 0.717) is 27.9 Å². The van der Waals surface area contributed by atoms with E-state index in [1.165, 1.54) is 7.11 Å². The zero-order chi connectivity index (χ0) is 19.7. The van der Waals surface area contributed by atoms with Crippen LogP contribution in [0.4, 0.5) is 5.69 Å². The van der Waals surface area contributed by atoms with Crippen molar-refractivity contribution in [2.24, 2.45) is 5.92 Å². The smallest absolute Gasteiger partial charge is 0.227 e. The van der Waals surface area contributed by atoms with E-state index in [2.05, 4.69) is 15.5 Å². The van der Waals surface area contributed by atoms with Crippen molar-refractivity contribution in [2.45, 2.75) is 13.0 Å². The molecule has 0 aliphatic carbocycles. The number of amides is 2. The van der Waals surface area contributed by atoms with Gasteiger partial charge in [-0.05, 0) is 30.3 Å². The van der Waals surface area contributed by atoms with E-state index < -0.39 is 5.92 Å². The molecule has 8 nitrogen and oxygen atoms in total. The normalized spacial score (nSPS) is 16.6. The predicted molar refractivity (Wildman–Crippen MR) is 103 cm³/mol. The number of hydrogen-bond acceptors (Lipinski definition) is 5. The van der Waals surface area contributed by atoms with Gasteiger partial charge in [0, 0.05) is 24.2 Å². The number of methoxy groups -OCH3 is 1. The first-order chi connectivity index (χ1) is 13.6. The number of carbonyl (C=O) groups is 2. The number of ether oxygens (including phenoxy) is 1. The van der Waals surface area contributed by atoms with Crippen molar-refractivity contribution in [1.82, 2.24) is 19.9 Å². The summed E-state index contributed by atoms with van der Waals surface area (Å²) in [5, 5.41) is 11.5. The van der Waals surface area contributed by atoms with Crippen LogP contribution in [-0.2, 0) is 16.1 Å². The molecule has 2 aromatic heterocycles. The number of anilines is 1. The molecule has 1 aliphatic rings. The van der Waals surface area contributed by atoms with Crippen LogP contribution in [0.1, 0.15) is 12.2 Å². The van der Waals surface area contributed by atoms with Gasteiger partial charge in [0.25, 0.3) is 0 Å². The average molecular weight is 400 g/mol. The van der Waals surface area contributed by atoms with Crippen molar-refractivity contribution >= 4 is 34.7 Å². The number of nitrogens with zero attached hydrogens (tertiary/aromatic N) is 4. The lowest BCUT2D eigenvalue weighted by molar-refractivity contribution is -0.126. The van der Waals surface area contributed by atoms with Gasteiger partial charge in [-0.2, -0.15) is 0 Å². The Morgan fingerprint density at radius 2 is 2.18 bits per heavy atom. The molecule has 28 heavy (non-hydrogen) atoms. The summed E-state index contributed by atoms with van der Waals surface area (Å²) in [4.78, 5) is 26.7. The van der Waals surface area contributed by atoms with E-state index >= 15 is 0 Å². The molecular formula is C19H18ClN5O3. The Bertz CT molecular complexity index is 1050.